The van der Waals surface area contributed by atoms with Gasteiger partial charge in [-0.15, -0.1) is 11.8 Å². The van der Waals surface area contributed by atoms with Crippen molar-refractivity contribution in [1.82, 2.24) is 0 Å². The van der Waals surface area contributed by atoms with Crippen LogP contribution in [-0.2, 0) is 4.74 Å². The van der Waals surface area contributed by atoms with Crippen LogP contribution < -0.4 is 5.73 Å². The Bertz CT molecular complexity index is 414. The van der Waals surface area contributed by atoms with Crippen LogP contribution in [0.2, 0.25) is 0 Å². The van der Waals surface area contributed by atoms with E-state index in [0.29, 0.717) is 5.25 Å². The molecule has 1 aromatic carbocycles. The third-order valence-electron chi connectivity index (χ3n) is 3.18. The summed E-state index contributed by atoms with van der Waals surface area (Å²) in [5.41, 5.74) is 6.71. The van der Waals surface area contributed by atoms with Crippen molar-refractivity contribution in [3.63, 3.8) is 0 Å². The molecule has 0 aliphatic carbocycles. The number of nitrogen functional groups attached to an aromatic ring is 1. The first-order chi connectivity index (χ1) is 7.80. The molecule has 1 saturated heterocycles. The number of rotatable bonds is 2. The zero-order valence-corrected chi connectivity index (χ0v) is 11.8. The Morgan fingerprint density at radius 1 is 1.24 bits per heavy atom. The van der Waals surface area contributed by atoms with Gasteiger partial charge in [-0.2, -0.15) is 0 Å². The SMILES string of the molecule is CC1(C)CC(Sc2ccccc2N)C(C)(C)O1. The predicted molar refractivity (Wildman–Crippen MR) is 74.4 cm³/mol. The van der Waals surface area contributed by atoms with E-state index >= 15 is 0 Å². The van der Waals surface area contributed by atoms with E-state index in [1.54, 1.807) is 0 Å². The molecule has 3 heteroatoms. The lowest BCUT2D eigenvalue weighted by molar-refractivity contribution is -0.0631. The van der Waals surface area contributed by atoms with Crippen molar-refractivity contribution < 1.29 is 4.74 Å². The molecule has 94 valence electrons. The van der Waals surface area contributed by atoms with Gasteiger partial charge in [-0.05, 0) is 46.2 Å². The van der Waals surface area contributed by atoms with Crippen LogP contribution in [0.1, 0.15) is 34.1 Å². The molecule has 1 aromatic rings. The average Bonchev–Trinajstić information content (AvgIpc) is 2.38. The summed E-state index contributed by atoms with van der Waals surface area (Å²) in [5.74, 6) is 0. The van der Waals surface area contributed by atoms with Crippen molar-refractivity contribution in [2.75, 3.05) is 5.73 Å². The summed E-state index contributed by atoms with van der Waals surface area (Å²) in [6.45, 7) is 8.64. The van der Waals surface area contributed by atoms with Gasteiger partial charge in [0, 0.05) is 15.8 Å². The number of para-hydroxylation sites is 1. The van der Waals surface area contributed by atoms with E-state index in [4.69, 9.17) is 10.5 Å². The van der Waals surface area contributed by atoms with Gasteiger partial charge in [0.05, 0.1) is 11.2 Å². The lowest BCUT2D eigenvalue weighted by atomic mass is 10.0. The summed E-state index contributed by atoms with van der Waals surface area (Å²) < 4.78 is 6.10. The summed E-state index contributed by atoms with van der Waals surface area (Å²) in [4.78, 5) is 1.16. The highest BCUT2D eigenvalue weighted by Gasteiger charge is 2.46. The van der Waals surface area contributed by atoms with Gasteiger partial charge < -0.3 is 10.5 Å². The molecule has 0 spiro atoms. The van der Waals surface area contributed by atoms with Crippen molar-refractivity contribution in [3.8, 4) is 0 Å². The highest BCUT2D eigenvalue weighted by atomic mass is 32.2. The molecule has 2 rings (SSSR count). The first-order valence-electron chi connectivity index (χ1n) is 6.01. The van der Waals surface area contributed by atoms with Crippen molar-refractivity contribution in [1.29, 1.82) is 0 Å². The van der Waals surface area contributed by atoms with E-state index in [2.05, 4.69) is 33.8 Å². The zero-order valence-electron chi connectivity index (χ0n) is 11.0. The van der Waals surface area contributed by atoms with Crippen LogP contribution in [0.15, 0.2) is 29.2 Å². The smallest absolute Gasteiger partial charge is 0.0756 e. The third kappa shape index (κ3) is 2.78. The minimum atomic E-state index is -0.101. The van der Waals surface area contributed by atoms with Crippen LogP contribution in [0.5, 0.6) is 0 Å². The van der Waals surface area contributed by atoms with E-state index in [-0.39, 0.29) is 11.2 Å². The van der Waals surface area contributed by atoms with Crippen molar-refractivity contribution in [2.24, 2.45) is 0 Å². The van der Waals surface area contributed by atoms with Gasteiger partial charge in [0.1, 0.15) is 0 Å². The highest BCUT2D eigenvalue weighted by Crippen LogP contribution is 2.46. The number of ether oxygens (including phenoxy) is 1. The minimum absolute atomic E-state index is 0.0370. The second-order valence-electron chi connectivity index (χ2n) is 5.81. The van der Waals surface area contributed by atoms with Gasteiger partial charge in [-0.25, -0.2) is 0 Å². The van der Waals surface area contributed by atoms with E-state index in [9.17, 15) is 0 Å². The van der Waals surface area contributed by atoms with Gasteiger partial charge in [0.25, 0.3) is 0 Å². The Labute approximate surface area is 108 Å². The lowest BCUT2D eigenvalue weighted by Crippen LogP contribution is -2.30. The Kier molecular flexibility index (Phi) is 3.17. The maximum Gasteiger partial charge on any atom is 0.0756 e. The van der Waals surface area contributed by atoms with Crippen molar-refractivity contribution >= 4 is 17.4 Å². The molecular formula is C14H21NOS. The van der Waals surface area contributed by atoms with Crippen LogP contribution in [0.25, 0.3) is 0 Å². The van der Waals surface area contributed by atoms with Crippen LogP contribution in [0, 0.1) is 0 Å². The molecule has 1 fully saturated rings. The standard InChI is InChI=1S/C14H21NOS/c1-13(2)9-12(14(3,4)16-13)17-11-8-6-5-7-10(11)15/h5-8,12H,9,15H2,1-4H3. The molecular weight excluding hydrogens is 230 g/mol. The van der Waals surface area contributed by atoms with Crippen LogP contribution in [0.3, 0.4) is 0 Å². The average molecular weight is 251 g/mol. The Hall–Kier alpha value is -0.670. The summed E-state index contributed by atoms with van der Waals surface area (Å²) >= 11 is 1.84. The fourth-order valence-electron chi connectivity index (χ4n) is 2.44. The maximum absolute atomic E-state index is 6.10. The largest absolute Gasteiger partial charge is 0.398 e. The fraction of sp³-hybridized carbons (Fsp3) is 0.571. The Balaban J connectivity index is 2.17. The summed E-state index contributed by atoms with van der Waals surface area (Å²) in [7, 11) is 0. The second-order valence-corrected chi connectivity index (χ2v) is 7.06. The molecule has 17 heavy (non-hydrogen) atoms. The zero-order chi connectivity index (χ0) is 12.7. The van der Waals surface area contributed by atoms with Gasteiger partial charge >= 0.3 is 0 Å². The van der Waals surface area contributed by atoms with Crippen LogP contribution in [-0.4, -0.2) is 16.5 Å². The highest BCUT2D eigenvalue weighted by molar-refractivity contribution is 8.00. The van der Waals surface area contributed by atoms with Gasteiger partial charge in [-0.1, -0.05) is 12.1 Å². The van der Waals surface area contributed by atoms with Crippen LogP contribution >= 0.6 is 11.8 Å². The van der Waals surface area contributed by atoms with Crippen LogP contribution in [0.4, 0.5) is 5.69 Å². The first-order valence-corrected chi connectivity index (χ1v) is 6.89. The molecule has 1 heterocycles. The van der Waals surface area contributed by atoms with Crippen molar-refractivity contribution in [3.05, 3.63) is 24.3 Å². The van der Waals surface area contributed by atoms with E-state index in [0.717, 1.165) is 17.0 Å². The summed E-state index contributed by atoms with van der Waals surface area (Å²) in [6.07, 6.45) is 1.05. The quantitative estimate of drug-likeness (QED) is 0.814. The van der Waals surface area contributed by atoms with Gasteiger partial charge in [0.2, 0.25) is 0 Å². The number of hydrogen-bond donors (Lipinski definition) is 1. The molecule has 2 nitrogen and oxygen atoms in total. The molecule has 0 bridgehead atoms. The van der Waals surface area contributed by atoms with Gasteiger partial charge in [0.15, 0.2) is 0 Å². The molecule has 1 aliphatic heterocycles. The number of hydrogen-bond acceptors (Lipinski definition) is 3. The summed E-state index contributed by atoms with van der Waals surface area (Å²) in [5, 5.41) is 0.446. The monoisotopic (exact) mass is 251 g/mol. The second kappa shape index (κ2) is 4.21. The number of thioether (sulfide) groups is 1. The minimum Gasteiger partial charge on any atom is -0.398 e. The topological polar surface area (TPSA) is 35.2 Å². The first kappa shape index (κ1) is 12.8. The number of anilines is 1. The maximum atomic E-state index is 6.10. The molecule has 0 amide bonds. The van der Waals surface area contributed by atoms with E-state index in [1.807, 2.05) is 30.0 Å². The number of benzene rings is 1. The molecule has 1 aliphatic rings. The Morgan fingerprint density at radius 2 is 1.88 bits per heavy atom. The molecule has 0 aromatic heterocycles. The third-order valence-corrected chi connectivity index (χ3v) is 4.82. The van der Waals surface area contributed by atoms with E-state index < -0.39 is 0 Å². The fourth-order valence-corrected chi connectivity index (χ4v) is 3.92. The number of nitrogens with two attached hydrogens (primary N) is 1. The molecule has 1 unspecified atom stereocenters. The summed E-state index contributed by atoms with van der Waals surface area (Å²) in [6, 6.07) is 8.05. The Morgan fingerprint density at radius 3 is 2.41 bits per heavy atom. The normalized spacial score (nSPS) is 26.0. The van der Waals surface area contributed by atoms with Crippen molar-refractivity contribution in [2.45, 2.75) is 55.5 Å². The molecule has 0 radical (unpaired) electrons. The molecule has 2 N–H and O–H groups in total. The lowest BCUT2D eigenvalue weighted by Gasteiger charge is -2.27. The molecule has 0 saturated carbocycles. The predicted octanol–water partition coefficient (Wildman–Crippen LogP) is 3.71. The molecule has 1 atom stereocenters. The van der Waals surface area contributed by atoms with E-state index in [1.165, 1.54) is 0 Å². The van der Waals surface area contributed by atoms with Gasteiger partial charge in [-0.3, -0.25) is 0 Å².